The van der Waals surface area contributed by atoms with Crippen LogP contribution in [0.25, 0.3) is 0 Å². The van der Waals surface area contributed by atoms with E-state index in [-0.39, 0.29) is 29.4 Å². The Balaban J connectivity index is 0.00000288. The SMILES string of the molecule is CN=C(NCCc1nc(C(C)(C)C)cs1)NCc1ccnn1C.I. The number of halogens is 1. The quantitative estimate of drug-likeness (QED) is 0.408. The first-order valence-corrected chi connectivity index (χ1v) is 8.64. The molecule has 0 fully saturated rings. The molecule has 0 atom stereocenters. The highest BCUT2D eigenvalue weighted by Crippen LogP contribution is 2.23. The standard InChI is InChI=1S/C16H26N6S.HI/c1-16(2,3)13-11-23-14(21-13)7-8-18-15(17-4)19-10-12-6-9-20-22(12)5;/h6,9,11H,7-8,10H2,1-5H3,(H2,17,18,19);1H. The second-order valence-electron chi connectivity index (χ2n) is 6.43. The van der Waals surface area contributed by atoms with E-state index in [0.29, 0.717) is 6.54 Å². The Bertz CT molecular complexity index is 656. The Kier molecular flexibility index (Phi) is 8.14. The summed E-state index contributed by atoms with van der Waals surface area (Å²) in [6, 6.07) is 1.99. The third kappa shape index (κ3) is 6.04. The van der Waals surface area contributed by atoms with Crippen molar-refractivity contribution < 1.29 is 0 Å². The minimum atomic E-state index is 0. The van der Waals surface area contributed by atoms with Gasteiger partial charge < -0.3 is 10.6 Å². The van der Waals surface area contributed by atoms with Crippen molar-refractivity contribution in [1.82, 2.24) is 25.4 Å². The molecule has 0 aromatic carbocycles. The van der Waals surface area contributed by atoms with Crippen LogP contribution in [0.2, 0.25) is 0 Å². The summed E-state index contributed by atoms with van der Waals surface area (Å²) in [4.78, 5) is 8.95. The first-order valence-electron chi connectivity index (χ1n) is 7.76. The number of thiazole rings is 1. The molecule has 2 aromatic heterocycles. The summed E-state index contributed by atoms with van der Waals surface area (Å²) in [5.74, 6) is 0.791. The van der Waals surface area contributed by atoms with E-state index in [2.05, 4.69) is 46.9 Å². The molecule has 6 nitrogen and oxygen atoms in total. The lowest BCUT2D eigenvalue weighted by atomic mass is 9.93. The highest BCUT2D eigenvalue weighted by Gasteiger charge is 2.17. The van der Waals surface area contributed by atoms with Gasteiger partial charge in [-0.3, -0.25) is 9.67 Å². The van der Waals surface area contributed by atoms with Crippen molar-refractivity contribution >= 4 is 41.3 Å². The fraction of sp³-hybridized carbons (Fsp3) is 0.562. The van der Waals surface area contributed by atoms with Gasteiger partial charge in [0.25, 0.3) is 0 Å². The summed E-state index contributed by atoms with van der Waals surface area (Å²) < 4.78 is 1.85. The van der Waals surface area contributed by atoms with Gasteiger partial charge in [-0.15, -0.1) is 35.3 Å². The summed E-state index contributed by atoms with van der Waals surface area (Å²) in [5.41, 5.74) is 2.39. The van der Waals surface area contributed by atoms with Crippen molar-refractivity contribution in [3.05, 3.63) is 34.0 Å². The Labute approximate surface area is 165 Å². The normalized spacial score (nSPS) is 12.0. The fourth-order valence-corrected chi connectivity index (χ4v) is 3.05. The van der Waals surface area contributed by atoms with E-state index in [0.717, 1.165) is 35.3 Å². The summed E-state index contributed by atoms with van der Waals surface area (Å²) in [6.45, 7) is 8.07. The van der Waals surface area contributed by atoms with Crippen molar-refractivity contribution in [1.29, 1.82) is 0 Å². The number of hydrogen-bond donors (Lipinski definition) is 2. The zero-order valence-electron chi connectivity index (χ0n) is 15.0. The van der Waals surface area contributed by atoms with Gasteiger partial charge in [-0.05, 0) is 6.07 Å². The third-order valence-electron chi connectivity index (χ3n) is 3.53. The molecule has 2 heterocycles. The molecule has 0 radical (unpaired) electrons. The van der Waals surface area contributed by atoms with Gasteiger partial charge in [0.1, 0.15) is 0 Å². The van der Waals surface area contributed by atoms with Crippen LogP contribution in [0.15, 0.2) is 22.6 Å². The van der Waals surface area contributed by atoms with Crippen molar-refractivity contribution in [2.24, 2.45) is 12.0 Å². The number of nitrogens with one attached hydrogen (secondary N) is 2. The van der Waals surface area contributed by atoms with Crippen LogP contribution in [-0.2, 0) is 25.4 Å². The van der Waals surface area contributed by atoms with Gasteiger partial charge >= 0.3 is 0 Å². The topological polar surface area (TPSA) is 67.1 Å². The average molecular weight is 462 g/mol. The fourth-order valence-electron chi connectivity index (χ4n) is 2.03. The lowest BCUT2D eigenvalue weighted by Gasteiger charge is -2.14. The first kappa shape index (κ1) is 20.9. The monoisotopic (exact) mass is 462 g/mol. The minimum absolute atomic E-state index is 0. The van der Waals surface area contributed by atoms with Crippen LogP contribution in [0.3, 0.4) is 0 Å². The second kappa shape index (κ2) is 9.36. The molecule has 0 aliphatic rings. The van der Waals surface area contributed by atoms with Gasteiger partial charge in [0.05, 0.1) is 22.9 Å². The van der Waals surface area contributed by atoms with Crippen LogP contribution in [-0.4, -0.2) is 34.3 Å². The van der Waals surface area contributed by atoms with Crippen LogP contribution in [0.1, 0.15) is 37.2 Å². The van der Waals surface area contributed by atoms with Gasteiger partial charge in [0.15, 0.2) is 5.96 Å². The number of rotatable bonds is 5. The molecule has 2 aromatic rings. The predicted octanol–water partition coefficient (Wildman–Crippen LogP) is 2.70. The molecule has 0 aliphatic heterocycles. The van der Waals surface area contributed by atoms with E-state index >= 15 is 0 Å². The van der Waals surface area contributed by atoms with E-state index in [9.17, 15) is 0 Å². The van der Waals surface area contributed by atoms with Gasteiger partial charge in [-0.25, -0.2) is 4.98 Å². The third-order valence-corrected chi connectivity index (χ3v) is 4.44. The number of aliphatic imine (C=N–C) groups is 1. The maximum absolute atomic E-state index is 4.71. The molecule has 2 rings (SSSR count). The zero-order valence-corrected chi connectivity index (χ0v) is 18.1. The molecule has 0 unspecified atom stereocenters. The number of hydrogen-bond acceptors (Lipinski definition) is 4. The van der Waals surface area contributed by atoms with E-state index < -0.39 is 0 Å². The zero-order chi connectivity index (χ0) is 16.9. The van der Waals surface area contributed by atoms with Gasteiger partial charge in [-0.2, -0.15) is 5.10 Å². The van der Waals surface area contributed by atoms with Crippen molar-refractivity contribution in [3.63, 3.8) is 0 Å². The Morgan fingerprint density at radius 3 is 2.62 bits per heavy atom. The highest BCUT2D eigenvalue weighted by molar-refractivity contribution is 14.0. The molecular formula is C16H27IN6S. The Morgan fingerprint density at radius 2 is 2.08 bits per heavy atom. The molecule has 134 valence electrons. The number of guanidine groups is 1. The number of aryl methyl sites for hydroxylation is 1. The summed E-state index contributed by atoms with van der Waals surface area (Å²) >= 11 is 1.73. The summed E-state index contributed by atoms with van der Waals surface area (Å²) in [6.07, 6.45) is 2.69. The second-order valence-corrected chi connectivity index (χ2v) is 7.37. The molecule has 0 amide bonds. The maximum atomic E-state index is 4.71. The molecule has 0 bridgehead atoms. The van der Waals surface area contributed by atoms with E-state index in [1.807, 2.05) is 17.8 Å². The summed E-state index contributed by atoms with van der Waals surface area (Å²) in [5, 5.41) is 14.1. The first-order chi connectivity index (χ1) is 10.9. The summed E-state index contributed by atoms with van der Waals surface area (Å²) in [7, 11) is 3.71. The van der Waals surface area contributed by atoms with Crippen LogP contribution in [0, 0.1) is 0 Å². The molecular weight excluding hydrogens is 435 g/mol. The maximum Gasteiger partial charge on any atom is 0.191 e. The van der Waals surface area contributed by atoms with Crippen molar-refractivity contribution in [3.8, 4) is 0 Å². The van der Waals surface area contributed by atoms with E-state index in [4.69, 9.17) is 4.98 Å². The molecule has 2 N–H and O–H groups in total. The van der Waals surface area contributed by atoms with Crippen LogP contribution in [0.5, 0.6) is 0 Å². The molecule has 0 aliphatic carbocycles. The van der Waals surface area contributed by atoms with Crippen LogP contribution < -0.4 is 10.6 Å². The lowest BCUT2D eigenvalue weighted by molar-refractivity contribution is 0.570. The van der Waals surface area contributed by atoms with E-state index in [1.54, 1.807) is 24.6 Å². The van der Waals surface area contributed by atoms with Gasteiger partial charge in [0.2, 0.25) is 0 Å². The van der Waals surface area contributed by atoms with Crippen LogP contribution >= 0.6 is 35.3 Å². The van der Waals surface area contributed by atoms with Gasteiger partial charge in [-0.1, -0.05) is 20.8 Å². The minimum Gasteiger partial charge on any atom is -0.356 e. The number of nitrogens with zero attached hydrogens (tertiary/aromatic N) is 4. The molecule has 24 heavy (non-hydrogen) atoms. The molecule has 0 spiro atoms. The van der Waals surface area contributed by atoms with E-state index in [1.165, 1.54) is 0 Å². The Morgan fingerprint density at radius 1 is 1.33 bits per heavy atom. The smallest absolute Gasteiger partial charge is 0.191 e. The number of aromatic nitrogens is 3. The molecule has 8 heteroatoms. The van der Waals surface area contributed by atoms with Crippen LogP contribution in [0.4, 0.5) is 0 Å². The van der Waals surface area contributed by atoms with Crippen molar-refractivity contribution in [2.45, 2.75) is 39.2 Å². The predicted molar refractivity (Wildman–Crippen MR) is 111 cm³/mol. The van der Waals surface area contributed by atoms with Crippen molar-refractivity contribution in [2.75, 3.05) is 13.6 Å². The largest absolute Gasteiger partial charge is 0.356 e. The Hall–Kier alpha value is -1.16. The highest BCUT2D eigenvalue weighted by atomic mass is 127. The average Bonchev–Trinajstić information content (AvgIpc) is 3.11. The molecule has 0 saturated heterocycles. The lowest BCUT2D eigenvalue weighted by Crippen LogP contribution is -2.38. The van der Waals surface area contributed by atoms with Gasteiger partial charge in [0, 0.05) is 44.1 Å². The molecule has 0 saturated carbocycles.